The molecular weight excluding hydrogens is 496 g/mol. The fourth-order valence-electron chi connectivity index (χ4n) is 3.97. The highest BCUT2D eigenvalue weighted by molar-refractivity contribution is 5.88. The molecule has 1 aliphatic rings. The Kier molecular flexibility index (Phi) is 7.14. The number of esters is 1. The number of carbonyl (C=O) groups is 1. The van der Waals surface area contributed by atoms with Crippen molar-refractivity contribution in [2.75, 3.05) is 13.7 Å². The smallest absolute Gasteiger partial charge is 0.303 e. The fourth-order valence-corrected chi connectivity index (χ4v) is 3.97. The van der Waals surface area contributed by atoms with E-state index in [1.165, 1.54) is 25.3 Å². The molecule has 0 amide bonds. The summed E-state index contributed by atoms with van der Waals surface area (Å²) >= 11 is 0. The van der Waals surface area contributed by atoms with Crippen LogP contribution in [-0.4, -0.2) is 81.0 Å². The van der Waals surface area contributed by atoms with E-state index in [0.717, 1.165) is 19.1 Å². The Bertz CT molecular complexity index is 1380. The SMILES string of the molecule is COc1cc(-c2oc3cc(O)cc(O)c3c(=O)c2OC2OC(CO)C(O)C(O)C2OC(C)=O)ccc1O. The molecule has 13 heteroatoms. The summed E-state index contributed by atoms with van der Waals surface area (Å²) in [5.74, 6) is -2.96. The fraction of sp³-hybridized carbons (Fsp3) is 0.333. The molecule has 1 aliphatic heterocycles. The number of aliphatic hydroxyl groups excluding tert-OH is 3. The molecule has 0 saturated carbocycles. The van der Waals surface area contributed by atoms with E-state index in [2.05, 4.69) is 0 Å². The summed E-state index contributed by atoms with van der Waals surface area (Å²) < 4.78 is 27.3. The van der Waals surface area contributed by atoms with Crippen molar-refractivity contribution in [2.24, 2.45) is 0 Å². The standard InChI is InChI=1S/C24H24O13/c1-9(26)34-23-20(32)18(30)16(8-25)36-24(23)37-22-19(31)17-13(29)6-11(27)7-15(17)35-21(22)10-3-4-12(28)14(5-10)33-2/h3-7,16,18,20,23-25,27-30,32H,8H2,1-2H3. The second-order valence-corrected chi connectivity index (χ2v) is 8.21. The highest BCUT2D eigenvalue weighted by atomic mass is 16.7. The molecule has 3 aromatic rings. The Morgan fingerprint density at radius 2 is 1.78 bits per heavy atom. The summed E-state index contributed by atoms with van der Waals surface area (Å²) in [6.45, 7) is 0.288. The van der Waals surface area contributed by atoms with Crippen LogP contribution in [0.4, 0.5) is 0 Å². The summed E-state index contributed by atoms with van der Waals surface area (Å²) in [5.41, 5.74) is -1.01. The van der Waals surface area contributed by atoms with E-state index < -0.39 is 66.0 Å². The van der Waals surface area contributed by atoms with E-state index in [4.69, 9.17) is 23.4 Å². The zero-order valence-electron chi connectivity index (χ0n) is 19.5. The van der Waals surface area contributed by atoms with Gasteiger partial charge in [0.05, 0.1) is 13.7 Å². The number of phenols is 3. The maximum Gasteiger partial charge on any atom is 0.303 e. The van der Waals surface area contributed by atoms with Crippen molar-refractivity contribution in [1.29, 1.82) is 0 Å². The van der Waals surface area contributed by atoms with Crippen LogP contribution in [0.3, 0.4) is 0 Å². The molecule has 1 fully saturated rings. The number of carbonyl (C=O) groups excluding carboxylic acids is 1. The van der Waals surface area contributed by atoms with Crippen LogP contribution in [0.5, 0.6) is 28.7 Å². The number of hydrogen-bond acceptors (Lipinski definition) is 13. The van der Waals surface area contributed by atoms with Gasteiger partial charge in [-0.3, -0.25) is 9.59 Å². The third-order valence-electron chi connectivity index (χ3n) is 5.72. The molecule has 198 valence electrons. The van der Waals surface area contributed by atoms with Gasteiger partial charge in [0.15, 0.2) is 23.4 Å². The van der Waals surface area contributed by atoms with Crippen LogP contribution in [0.15, 0.2) is 39.5 Å². The molecule has 2 aromatic carbocycles. The number of aliphatic hydroxyl groups is 3. The van der Waals surface area contributed by atoms with Gasteiger partial charge in [0.2, 0.25) is 17.5 Å². The van der Waals surface area contributed by atoms with Gasteiger partial charge in [-0.05, 0) is 18.2 Å². The summed E-state index contributed by atoms with van der Waals surface area (Å²) in [5, 5.41) is 60.2. The number of phenolic OH excluding ortho intramolecular Hbond substituents is 3. The average molecular weight is 520 g/mol. The summed E-state index contributed by atoms with van der Waals surface area (Å²) in [6.07, 6.45) is -8.16. The van der Waals surface area contributed by atoms with E-state index in [0.29, 0.717) is 0 Å². The van der Waals surface area contributed by atoms with E-state index in [-0.39, 0.29) is 33.8 Å². The zero-order valence-corrected chi connectivity index (χ0v) is 19.5. The zero-order chi connectivity index (χ0) is 27.0. The van der Waals surface area contributed by atoms with Crippen molar-refractivity contribution in [1.82, 2.24) is 0 Å². The van der Waals surface area contributed by atoms with E-state index >= 15 is 0 Å². The van der Waals surface area contributed by atoms with Gasteiger partial charge in [-0.2, -0.15) is 0 Å². The summed E-state index contributed by atoms with van der Waals surface area (Å²) in [4.78, 5) is 25.2. The number of ether oxygens (including phenoxy) is 4. The molecule has 0 aliphatic carbocycles. The number of fused-ring (bicyclic) bond motifs is 1. The maximum absolute atomic E-state index is 13.5. The van der Waals surface area contributed by atoms with Crippen LogP contribution < -0.4 is 14.9 Å². The van der Waals surface area contributed by atoms with Gasteiger partial charge < -0.3 is 54.0 Å². The molecular formula is C24H24O13. The van der Waals surface area contributed by atoms with Crippen molar-refractivity contribution in [3.8, 4) is 40.1 Å². The average Bonchev–Trinajstić information content (AvgIpc) is 2.84. The third-order valence-corrected chi connectivity index (χ3v) is 5.72. The first-order valence-corrected chi connectivity index (χ1v) is 10.9. The van der Waals surface area contributed by atoms with Crippen LogP contribution in [0.1, 0.15) is 6.92 Å². The minimum absolute atomic E-state index is 0.00977. The molecule has 0 radical (unpaired) electrons. The molecule has 6 N–H and O–H groups in total. The Balaban J connectivity index is 1.93. The Hall–Kier alpha value is -4.04. The van der Waals surface area contributed by atoms with Crippen molar-refractivity contribution in [3.05, 3.63) is 40.6 Å². The van der Waals surface area contributed by atoms with Crippen molar-refractivity contribution in [2.45, 2.75) is 37.6 Å². The molecule has 5 atom stereocenters. The highest BCUT2D eigenvalue weighted by Crippen LogP contribution is 2.39. The third kappa shape index (κ3) is 4.84. The molecule has 1 aromatic heterocycles. The van der Waals surface area contributed by atoms with Gasteiger partial charge in [0.1, 0.15) is 40.8 Å². The highest BCUT2D eigenvalue weighted by Gasteiger charge is 2.48. The number of rotatable bonds is 6. The van der Waals surface area contributed by atoms with Crippen LogP contribution in [-0.2, 0) is 14.3 Å². The van der Waals surface area contributed by atoms with E-state index in [1.54, 1.807) is 0 Å². The number of benzene rings is 2. The quantitative estimate of drug-likeness (QED) is 0.243. The number of aromatic hydroxyl groups is 3. The normalized spacial score (nSPS) is 23.5. The Morgan fingerprint density at radius 3 is 2.43 bits per heavy atom. The second-order valence-electron chi connectivity index (χ2n) is 8.21. The minimum Gasteiger partial charge on any atom is -0.508 e. The van der Waals surface area contributed by atoms with Gasteiger partial charge in [-0.1, -0.05) is 0 Å². The predicted octanol–water partition coefficient (Wildman–Crippen LogP) is 0.335. The van der Waals surface area contributed by atoms with Gasteiger partial charge in [-0.15, -0.1) is 0 Å². The first kappa shape index (κ1) is 26.0. The minimum atomic E-state index is -1.77. The van der Waals surface area contributed by atoms with Gasteiger partial charge in [-0.25, -0.2) is 0 Å². The van der Waals surface area contributed by atoms with Crippen LogP contribution in [0, 0.1) is 0 Å². The topological polar surface area (TPSA) is 206 Å². The summed E-state index contributed by atoms with van der Waals surface area (Å²) in [6, 6.07) is 5.92. The first-order valence-electron chi connectivity index (χ1n) is 10.9. The largest absolute Gasteiger partial charge is 0.508 e. The Labute approximate surface area is 208 Å². The van der Waals surface area contributed by atoms with Crippen molar-refractivity contribution >= 4 is 16.9 Å². The second kappa shape index (κ2) is 10.1. The van der Waals surface area contributed by atoms with Gasteiger partial charge >= 0.3 is 5.97 Å². The van der Waals surface area contributed by atoms with Gasteiger partial charge in [0, 0.05) is 24.6 Å². The lowest BCUT2D eigenvalue weighted by Gasteiger charge is -2.41. The molecule has 4 rings (SSSR count). The molecule has 0 bridgehead atoms. The lowest BCUT2D eigenvalue weighted by atomic mass is 9.99. The summed E-state index contributed by atoms with van der Waals surface area (Å²) in [7, 11) is 1.30. The monoisotopic (exact) mass is 520 g/mol. The van der Waals surface area contributed by atoms with Crippen LogP contribution in [0.25, 0.3) is 22.3 Å². The lowest BCUT2D eigenvalue weighted by molar-refractivity contribution is -0.282. The molecule has 1 saturated heterocycles. The molecule has 0 spiro atoms. The maximum atomic E-state index is 13.5. The van der Waals surface area contributed by atoms with Gasteiger partial charge in [0.25, 0.3) is 0 Å². The Morgan fingerprint density at radius 1 is 1.05 bits per heavy atom. The van der Waals surface area contributed by atoms with E-state index in [1.807, 2.05) is 0 Å². The molecule has 5 unspecified atom stereocenters. The predicted molar refractivity (Wildman–Crippen MR) is 123 cm³/mol. The molecule has 13 nitrogen and oxygen atoms in total. The van der Waals surface area contributed by atoms with Crippen molar-refractivity contribution in [3.63, 3.8) is 0 Å². The van der Waals surface area contributed by atoms with Crippen LogP contribution in [0.2, 0.25) is 0 Å². The molecule has 37 heavy (non-hydrogen) atoms. The lowest BCUT2D eigenvalue weighted by Crippen LogP contribution is -2.61. The first-order chi connectivity index (χ1) is 17.5. The number of hydrogen-bond donors (Lipinski definition) is 6. The van der Waals surface area contributed by atoms with Crippen LogP contribution >= 0.6 is 0 Å². The van der Waals surface area contributed by atoms with E-state index in [9.17, 15) is 40.2 Å². The number of methoxy groups -OCH3 is 1. The van der Waals surface area contributed by atoms with Crippen molar-refractivity contribution < 1.29 is 58.8 Å². The molecule has 2 heterocycles.